The van der Waals surface area contributed by atoms with Crippen LogP contribution in [-0.4, -0.2) is 89.8 Å². The van der Waals surface area contributed by atoms with Crippen molar-refractivity contribution in [3.8, 4) is 0 Å². The minimum absolute atomic E-state index is 0.0276. The zero-order chi connectivity index (χ0) is 28.6. The van der Waals surface area contributed by atoms with Crippen molar-refractivity contribution in [2.45, 2.75) is 115 Å². The number of para-hydroxylation sites is 1. The lowest BCUT2D eigenvalue weighted by molar-refractivity contribution is -0.140. The Bertz CT molecular complexity index is 1030. The van der Waals surface area contributed by atoms with Crippen LogP contribution in [0.2, 0.25) is 0 Å². The fraction of sp³-hybridized carbons (Fsp3) is 0.727. The van der Waals surface area contributed by atoms with Gasteiger partial charge in [0.25, 0.3) is 0 Å². The number of carbonyl (C=O) groups excluding carboxylic acids is 3. The minimum Gasteiger partial charge on any atom is -0.353 e. The van der Waals surface area contributed by atoms with Gasteiger partial charge >= 0.3 is 0 Å². The van der Waals surface area contributed by atoms with Crippen molar-refractivity contribution in [2.75, 3.05) is 44.2 Å². The van der Waals surface area contributed by atoms with Gasteiger partial charge in [0.2, 0.25) is 17.7 Å². The lowest BCUT2D eigenvalue weighted by Gasteiger charge is -2.41. The summed E-state index contributed by atoms with van der Waals surface area (Å²) >= 11 is 0. The van der Waals surface area contributed by atoms with Gasteiger partial charge in [-0.1, -0.05) is 56.7 Å². The smallest absolute Gasteiger partial charge is 0.237 e. The number of benzene rings is 1. The first-order valence-electron chi connectivity index (χ1n) is 16.4. The zero-order valence-corrected chi connectivity index (χ0v) is 25.2. The third-order valence-electron chi connectivity index (χ3n) is 9.98. The van der Waals surface area contributed by atoms with Crippen molar-refractivity contribution in [1.82, 2.24) is 20.0 Å². The van der Waals surface area contributed by atoms with Gasteiger partial charge in [0.1, 0.15) is 0 Å². The van der Waals surface area contributed by atoms with E-state index in [1.54, 1.807) is 6.92 Å². The molecule has 3 heterocycles. The molecule has 1 unspecified atom stereocenters. The lowest BCUT2D eigenvalue weighted by Crippen LogP contribution is -2.59. The van der Waals surface area contributed by atoms with E-state index < -0.39 is 0 Å². The second-order valence-corrected chi connectivity index (χ2v) is 12.7. The first-order valence-corrected chi connectivity index (χ1v) is 16.4. The van der Waals surface area contributed by atoms with Crippen LogP contribution < -0.4 is 10.2 Å². The molecule has 2 saturated heterocycles. The summed E-state index contributed by atoms with van der Waals surface area (Å²) in [6.45, 7) is 7.39. The van der Waals surface area contributed by atoms with Gasteiger partial charge in [-0.3, -0.25) is 24.2 Å². The van der Waals surface area contributed by atoms with E-state index in [0.29, 0.717) is 25.0 Å². The van der Waals surface area contributed by atoms with E-state index in [4.69, 9.17) is 0 Å². The number of carbonyl (C=O) groups is 3. The lowest BCUT2D eigenvalue weighted by atomic mass is 9.99. The first kappa shape index (κ1) is 30.0. The van der Waals surface area contributed by atoms with E-state index in [0.717, 1.165) is 77.1 Å². The molecule has 3 aliphatic heterocycles. The summed E-state index contributed by atoms with van der Waals surface area (Å²) in [4.78, 5) is 47.9. The van der Waals surface area contributed by atoms with Crippen LogP contribution in [0.25, 0.3) is 0 Å². The highest BCUT2D eigenvalue weighted by molar-refractivity contribution is 5.92. The Morgan fingerprint density at radius 1 is 0.805 bits per heavy atom. The number of fused-ring (bicyclic) bond motifs is 1. The summed E-state index contributed by atoms with van der Waals surface area (Å²) in [7, 11) is 0. The summed E-state index contributed by atoms with van der Waals surface area (Å²) in [6.07, 6.45) is 14.1. The predicted octanol–water partition coefficient (Wildman–Crippen LogP) is 4.32. The summed E-state index contributed by atoms with van der Waals surface area (Å²) in [5.74, 6) is 0.268. The number of amides is 3. The molecule has 1 atom stereocenters. The average Bonchev–Trinajstić information content (AvgIpc) is 3.52. The summed E-state index contributed by atoms with van der Waals surface area (Å²) < 4.78 is 0. The summed E-state index contributed by atoms with van der Waals surface area (Å²) in [5, 5.41) is 3.01. The van der Waals surface area contributed by atoms with Crippen LogP contribution in [0.1, 0.15) is 96.0 Å². The third-order valence-corrected chi connectivity index (χ3v) is 9.98. The molecule has 8 nitrogen and oxygen atoms in total. The number of piperazine rings is 1. The van der Waals surface area contributed by atoms with Gasteiger partial charge in [-0.05, 0) is 56.7 Å². The molecule has 1 aromatic carbocycles. The van der Waals surface area contributed by atoms with Gasteiger partial charge in [0.05, 0.1) is 12.5 Å². The Labute approximate surface area is 246 Å². The molecule has 1 aromatic rings. The molecule has 1 saturated carbocycles. The normalized spacial score (nSPS) is 25.1. The largest absolute Gasteiger partial charge is 0.353 e. The maximum Gasteiger partial charge on any atom is 0.237 e. The second-order valence-electron chi connectivity index (χ2n) is 12.7. The van der Waals surface area contributed by atoms with Crippen LogP contribution in [0.15, 0.2) is 24.3 Å². The van der Waals surface area contributed by atoms with Crippen molar-refractivity contribution in [2.24, 2.45) is 0 Å². The van der Waals surface area contributed by atoms with E-state index >= 15 is 0 Å². The van der Waals surface area contributed by atoms with E-state index in [1.165, 1.54) is 50.5 Å². The fourth-order valence-electron chi connectivity index (χ4n) is 7.65. The molecule has 41 heavy (non-hydrogen) atoms. The number of anilines is 1. The van der Waals surface area contributed by atoms with Gasteiger partial charge < -0.3 is 15.1 Å². The van der Waals surface area contributed by atoms with Crippen LogP contribution >= 0.6 is 0 Å². The second kappa shape index (κ2) is 14.6. The molecule has 0 spiro atoms. The Morgan fingerprint density at radius 2 is 1.49 bits per heavy atom. The Morgan fingerprint density at radius 3 is 2.22 bits per heavy atom. The molecule has 8 heteroatoms. The third kappa shape index (κ3) is 7.69. The van der Waals surface area contributed by atoms with Gasteiger partial charge in [-0.15, -0.1) is 0 Å². The van der Waals surface area contributed by atoms with Gasteiger partial charge in [-0.2, -0.15) is 0 Å². The maximum absolute atomic E-state index is 13.5. The molecule has 226 valence electrons. The number of piperidine rings is 1. The summed E-state index contributed by atoms with van der Waals surface area (Å²) in [5.41, 5.74) is 2.27. The molecule has 0 aromatic heterocycles. The van der Waals surface area contributed by atoms with Gasteiger partial charge in [-0.25, -0.2) is 0 Å². The number of hydrogen-bond donors (Lipinski definition) is 1. The topological polar surface area (TPSA) is 76.2 Å². The molecule has 5 rings (SSSR count). The predicted molar refractivity (Wildman–Crippen MR) is 163 cm³/mol. The van der Waals surface area contributed by atoms with Crippen LogP contribution in [0.3, 0.4) is 0 Å². The summed E-state index contributed by atoms with van der Waals surface area (Å²) in [6, 6.07) is 8.96. The van der Waals surface area contributed by atoms with Crippen molar-refractivity contribution >= 4 is 23.4 Å². The van der Waals surface area contributed by atoms with Crippen molar-refractivity contribution in [3.05, 3.63) is 29.8 Å². The highest BCUT2D eigenvalue weighted by atomic mass is 16.2. The van der Waals surface area contributed by atoms with Crippen LogP contribution in [-0.2, 0) is 20.9 Å². The fourth-order valence-corrected chi connectivity index (χ4v) is 7.65. The number of nitrogens with one attached hydrogen (secondary N) is 1. The quantitative estimate of drug-likeness (QED) is 0.589. The van der Waals surface area contributed by atoms with Crippen molar-refractivity contribution in [1.29, 1.82) is 0 Å². The highest BCUT2D eigenvalue weighted by Crippen LogP contribution is 2.29. The van der Waals surface area contributed by atoms with Crippen LogP contribution in [0.4, 0.5) is 5.69 Å². The molecule has 1 N–H and O–H groups in total. The molecule has 3 amide bonds. The number of rotatable bonds is 4. The molecule has 4 aliphatic rings. The van der Waals surface area contributed by atoms with E-state index in [-0.39, 0.29) is 23.8 Å². The molecule has 1 aliphatic carbocycles. The SMILES string of the molecule is CC(=O)N1CCCCCCCCN(C2CCN(C(=O)CC3C(=O)NCCN3C3CCCC3)CC2)Cc2ccccc21. The number of nitrogens with zero attached hydrogens (tertiary/aromatic N) is 4. The van der Waals surface area contributed by atoms with E-state index in [9.17, 15) is 14.4 Å². The van der Waals surface area contributed by atoms with Crippen LogP contribution in [0, 0.1) is 0 Å². The van der Waals surface area contributed by atoms with Crippen molar-refractivity contribution in [3.63, 3.8) is 0 Å². The molecule has 0 radical (unpaired) electrons. The highest BCUT2D eigenvalue weighted by Gasteiger charge is 2.38. The molecular weight excluding hydrogens is 514 g/mol. The number of likely N-dealkylation sites (tertiary alicyclic amines) is 1. The van der Waals surface area contributed by atoms with Crippen LogP contribution in [0.5, 0.6) is 0 Å². The molecular formula is C33H51N5O3. The molecule has 3 fully saturated rings. The van der Waals surface area contributed by atoms with Crippen molar-refractivity contribution < 1.29 is 14.4 Å². The Hall–Kier alpha value is -2.45. The Balaban J connectivity index is 1.23. The zero-order valence-electron chi connectivity index (χ0n) is 25.2. The maximum atomic E-state index is 13.5. The average molecular weight is 566 g/mol. The standard InChI is InChI=1S/C33H51N5O3/c1-26(39)37-20-11-5-3-2-4-10-19-36(25-27-12-6-9-15-30(27)37)28-16-21-35(22-17-28)32(40)24-31-33(41)34-18-23-38(31)29-13-7-8-14-29/h6,9,12,15,28-29,31H,2-5,7-8,10-11,13-14,16-25H2,1H3,(H,34,41). The number of hydrogen-bond acceptors (Lipinski definition) is 5. The monoisotopic (exact) mass is 565 g/mol. The van der Waals surface area contributed by atoms with E-state index in [2.05, 4.69) is 33.3 Å². The first-order chi connectivity index (χ1) is 20.0. The minimum atomic E-state index is -0.322. The van der Waals surface area contributed by atoms with Gasteiger partial charge in [0.15, 0.2) is 0 Å². The molecule has 0 bridgehead atoms. The Kier molecular flexibility index (Phi) is 10.7. The van der Waals surface area contributed by atoms with E-state index in [1.807, 2.05) is 15.9 Å². The van der Waals surface area contributed by atoms with Gasteiger partial charge in [0, 0.05) is 64.0 Å².